The SMILES string of the molecule is COc1ccccc1C(N)COc1ccccc1O. The number of methoxy groups -OCH3 is 1. The molecule has 19 heavy (non-hydrogen) atoms. The summed E-state index contributed by atoms with van der Waals surface area (Å²) in [5.41, 5.74) is 6.96. The van der Waals surface area contributed by atoms with E-state index < -0.39 is 0 Å². The highest BCUT2D eigenvalue weighted by Crippen LogP contribution is 2.27. The molecule has 2 aromatic rings. The summed E-state index contributed by atoms with van der Waals surface area (Å²) in [6.07, 6.45) is 0. The first-order chi connectivity index (χ1) is 9.22. The van der Waals surface area contributed by atoms with Crippen LogP contribution in [0.1, 0.15) is 11.6 Å². The molecule has 0 saturated carbocycles. The van der Waals surface area contributed by atoms with Crippen LogP contribution in [0.15, 0.2) is 48.5 Å². The molecule has 0 aliphatic heterocycles. The van der Waals surface area contributed by atoms with Crippen molar-refractivity contribution in [2.24, 2.45) is 5.73 Å². The minimum Gasteiger partial charge on any atom is -0.504 e. The second kappa shape index (κ2) is 6.11. The van der Waals surface area contributed by atoms with E-state index in [4.69, 9.17) is 15.2 Å². The summed E-state index contributed by atoms with van der Waals surface area (Å²) in [5, 5.41) is 9.60. The maximum Gasteiger partial charge on any atom is 0.161 e. The summed E-state index contributed by atoms with van der Waals surface area (Å²) in [6, 6.07) is 14.0. The van der Waals surface area contributed by atoms with Gasteiger partial charge in [-0.2, -0.15) is 0 Å². The highest BCUT2D eigenvalue weighted by atomic mass is 16.5. The van der Waals surface area contributed by atoms with E-state index in [1.807, 2.05) is 24.3 Å². The molecule has 100 valence electrons. The molecule has 0 aliphatic carbocycles. The first-order valence-electron chi connectivity index (χ1n) is 6.01. The van der Waals surface area contributed by atoms with Gasteiger partial charge in [-0.25, -0.2) is 0 Å². The van der Waals surface area contributed by atoms with Gasteiger partial charge >= 0.3 is 0 Å². The lowest BCUT2D eigenvalue weighted by atomic mass is 10.1. The van der Waals surface area contributed by atoms with Crippen molar-refractivity contribution in [1.29, 1.82) is 0 Å². The number of hydrogen-bond donors (Lipinski definition) is 2. The number of rotatable bonds is 5. The summed E-state index contributed by atoms with van der Waals surface area (Å²) in [5.74, 6) is 1.26. The second-order valence-electron chi connectivity index (χ2n) is 4.13. The lowest BCUT2D eigenvalue weighted by Gasteiger charge is -2.16. The number of aromatic hydroxyl groups is 1. The summed E-state index contributed by atoms with van der Waals surface area (Å²) in [7, 11) is 1.61. The van der Waals surface area contributed by atoms with Gasteiger partial charge in [-0.3, -0.25) is 0 Å². The summed E-state index contributed by atoms with van der Waals surface area (Å²) in [4.78, 5) is 0. The van der Waals surface area contributed by atoms with Crippen LogP contribution in [0, 0.1) is 0 Å². The average molecular weight is 259 g/mol. The Labute approximate surface area is 112 Å². The summed E-state index contributed by atoms with van der Waals surface area (Å²) < 4.78 is 10.8. The molecule has 0 aromatic heterocycles. The van der Waals surface area contributed by atoms with Crippen molar-refractivity contribution in [3.05, 3.63) is 54.1 Å². The molecule has 0 aliphatic rings. The molecule has 0 saturated heterocycles. The standard InChI is InChI=1S/C15H17NO3/c1-18-14-8-4-2-6-11(14)12(16)10-19-15-9-5-3-7-13(15)17/h2-9,12,17H,10,16H2,1H3. The van der Waals surface area contributed by atoms with Crippen molar-refractivity contribution >= 4 is 0 Å². The molecule has 2 rings (SSSR count). The van der Waals surface area contributed by atoms with E-state index in [2.05, 4.69) is 0 Å². The normalized spacial score (nSPS) is 11.9. The van der Waals surface area contributed by atoms with Gasteiger partial charge < -0.3 is 20.3 Å². The van der Waals surface area contributed by atoms with Gasteiger partial charge in [0.1, 0.15) is 12.4 Å². The fraction of sp³-hybridized carbons (Fsp3) is 0.200. The van der Waals surface area contributed by atoms with Gasteiger partial charge in [-0.15, -0.1) is 0 Å². The summed E-state index contributed by atoms with van der Waals surface area (Å²) >= 11 is 0. The number of nitrogens with two attached hydrogens (primary N) is 1. The maximum atomic E-state index is 9.60. The fourth-order valence-electron chi connectivity index (χ4n) is 1.82. The number of benzene rings is 2. The molecule has 0 fully saturated rings. The van der Waals surface area contributed by atoms with E-state index in [1.165, 1.54) is 0 Å². The van der Waals surface area contributed by atoms with E-state index >= 15 is 0 Å². The Bertz CT molecular complexity index is 542. The predicted octanol–water partition coefficient (Wildman–Crippen LogP) is 2.48. The molecular formula is C15H17NO3. The Morgan fingerprint density at radius 2 is 1.68 bits per heavy atom. The van der Waals surface area contributed by atoms with Gasteiger partial charge in [0.25, 0.3) is 0 Å². The Morgan fingerprint density at radius 3 is 2.37 bits per heavy atom. The predicted molar refractivity (Wildman–Crippen MR) is 73.5 cm³/mol. The number of phenolic OH excluding ortho intramolecular Hbond substituents is 1. The zero-order valence-electron chi connectivity index (χ0n) is 10.7. The summed E-state index contributed by atoms with van der Waals surface area (Å²) in [6.45, 7) is 0.262. The third-order valence-corrected chi connectivity index (χ3v) is 2.82. The number of hydrogen-bond acceptors (Lipinski definition) is 4. The molecule has 0 bridgehead atoms. The van der Waals surface area contributed by atoms with Crippen LogP contribution in [-0.2, 0) is 0 Å². The molecule has 0 amide bonds. The lowest BCUT2D eigenvalue weighted by molar-refractivity contribution is 0.273. The Balaban J connectivity index is 2.05. The van der Waals surface area contributed by atoms with Crippen molar-refractivity contribution in [2.45, 2.75) is 6.04 Å². The van der Waals surface area contributed by atoms with Gasteiger partial charge in [0.15, 0.2) is 11.5 Å². The molecule has 0 heterocycles. The molecule has 2 aromatic carbocycles. The quantitative estimate of drug-likeness (QED) is 0.865. The minimum absolute atomic E-state index is 0.106. The molecule has 0 radical (unpaired) electrons. The van der Waals surface area contributed by atoms with Crippen LogP contribution in [0.2, 0.25) is 0 Å². The zero-order valence-corrected chi connectivity index (χ0v) is 10.7. The number of ether oxygens (including phenoxy) is 2. The number of para-hydroxylation sites is 3. The van der Waals surface area contributed by atoms with Gasteiger partial charge in [0.2, 0.25) is 0 Å². The van der Waals surface area contributed by atoms with Crippen LogP contribution in [0.4, 0.5) is 0 Å². The van der Waals surface area contributed by atoms with Gasteiger partial charge in [0, 0.05) is 5.56 Å². The Kier molecular flexibility index (Phi) is 4.26. The van der Waals surface area contributed by atoms with Gasteiger partial charge in [0.05, 0.1) is 13.2 Å². The van der Waals surface area contributed by atoms with Crippen molar-refractivity contribution in [3.8, 4) is 17.2 Å². The topological polar surface area (TPSA) is 64.7 Å². The van der Waals surface area contributed by atoms with Crippen LogP contribution in [0.5, 0.6) is 17.2 Å². The fourth-order valence-corrected chi connectivity index (χ4v) is 1.82. The molecular weight excluding hydrogens is 242 g/mol. The molecule has 1 atom stereocenters. The van der Waals surface area contributed by atoms with E-state index in [1.54, 1.807) is 31.4 Å². The molecule has 1 unspecified atom stereocenters. The van der Waals surface area contributed by atoms with E-state index in [9.17, 15) is 5.11 Å². The maximum absolute atomic E-state index is 9.60. The lowest BCUT2D eigenvalue weighted by Crippen LogP contribution is -2.19. The largest absolute Gasteiger partial charge is 0.504 e. The van der Waals surface area contributed by atoms with Gasteiger partial charge in [-0.05, 0) is 18.2 Å². The minimum atomic E-state index is -0.323. The number of phenols is 1. The monoisotopic (exact) mass is 259 g/mol. The average Bonchev–Trinajstić information content (AvgIpc) is 2.46. The Morgan fingerprint density at radius 1 is 1.05 bits per heavy atom. The van der Waals surface area contributed by atoms with E-state index in [0.29, 0.717) is 5.75 Å². The zero-order chi connectivity index (χ0) is 13.7. The molecule has 3 N–H and O–H groups in total. The van der Waals surface area contributed by atoms with Crippen molar-refractivity contribution in [1.82, 2.24) is 0 Å². The first-order valence-corrected chi connectivity index (χ1v) is 6.01. The highest BCUT2D eigenvalue weighted by Gasteiger charge is 2.12. The van der Waals surface area contributed by atoms with E-state index in [0.717, 1.165) is 11.3 Å². The van der Waals surface area contributed by atoms with E-state index in [-0.39, 0.29) is 18.4 Å². The molecule has 0 spiro atoms. The first kappa shape index (κ1) is 13.2. The van der Waals surface area contributed by atoms with Crippen molar-refractivity contribution < 1.29 is 14.6 Å². The Hall–Kier alpha value is -2.20. The van der Waals surface area contributed by atoms with Crippen LogP contribution in [0.25, 0.3) is 0 Å². The molecule has 4 nitrogen and oxygen atoms in total. The van der Waals surface area contributed by atoms with Crippen molar-refractivity contribution in [3.63, 3.8) is 0 Å². The smallest absolute Gasteiger partial charge is 0.161 e. The van der Waals surface area contributed by atoms with Crippen molar-refractivity contribution in [2.75, 3.05) is 13.7 Å². The second-order valence-corrected chi connectivity index (χ2v) is 4.13. The highest BCUT2D eigenvalue weighted by molar-refractivity contribution is 5.39. The van der Waals surface area contributed by atoms with Crippen LogP contribution in [-0.4, -0.2) is 18.8 Å². The van der Waals surface area contributed by atoms with Crippen LogP contribution >= 0.6 is 0 Å². The van der Waals surface area contributed by atoms with Crippen LogP contribution in [0.3, 0.4) is 0 Å². The third-order valence-electron chi connectivity index (χ3n) is 2.82. The molecule has 4 heteroatoms. The third kappa shape index (κ3) is 3.17. The van der Waals surface area contributed by atoms with Crippen LogP contribution < -0.4 is 15.2 Å². The van der Waals surface area contributed by atoms with Gasteiger partial charge in [-0.1, -0.05) is 30.3 Å².